The second kappa shape index (κ2) is 8.35. The normalized spacial score (nSPS) is 10.8. The molecule has 2 heterocycles. The maximum Gasteiger partial charge on any atom is 0.272 e. The number of hydrogen-bond donors (Lipinski definition) is 0. The van der Waals surface area contributed by atoms with Gasteiger partial charge in [-0.25, -0.2) is 4.98 Å². The van der Waals surface area contributed by atoms with Gasteiger partial charge in [-0.1, -0.05) is 30.3 Å². The molecule has 5 heteroatoms. The van der Waals surface area contributed by atoms with E-state index in [9.17, 15) is 4.79 Å². The molecule has 3 aromatic rings. The van der Waals surface area contributed by atoms with Crippen LogP contribution in [0.1, 0.15) is 22.6 Å². The first-order chi connectivity index (χ1) is 12.3. The first-order valence-electron chi connectivity index (χ1n) is 8.32. The van der Waals surface area contributed by atoms with E-state index >= 15 is 0 Å². The molecular formula is C20H21N3O2. The SMILES string of the molecule is COCCCN(Cc1ccccn1)C(=O)c1ccc2ccccc2n1. The van der Waals surface area contributed by atoms with Gasteiger partial charge in [-0.05, 0) is 30.7 Å². The number of amides is 1. The molecule has 1 aromatic carbocycles. The average molecular weight is 335 g/mol. The first kappa shape index (κ1) is 17.0. The molecule has 128 valence electrons. The molecule has 0 saturated carbocycles. The lowest BCUT2D eigenvalue weighted by molar-refractivity contribution is 0.0716. The van der Waals surface area contributed by atoms with E-state index in [1.165, 1.54) is 0 Å². The minimum atomic E-state index is -0.0903. The fourth-order valence-corrected chi connectivity index (χ4v) is 2.69. The van der Waals surface area contributed by atoms with Crippen LogP contribution in [0.5, 0.6) is 0 Å². The topological polar surface area (TPSA) is 55.3 Å². The average Bonchev–Trinajstić information content (AvgIpc) is 2.67. The summed E-state index contributed by atoms with van der Waals surface area (Å²) in [5.74, 6) is -0.0903. The van der Waals surface area contributed by atoms with E-state index in [0.29, 0.717) is 25.4 Å². The highest BCUT2D eigenvalue weighted by atomic mass is 16.5. The number of methoxy groups -OCH3 is 1. The van der Waals surface area contributed by atoms with E-state index in [1.807, 2.05) is 48.5 Å². The predicted molar refractivity (Wildman–Crippen MR) is 97.2 cm³/mol. The smallest absolute Gasteiger partial charge is 0.272 e. The molecule has 2 aromatic heterocycles. The van der Waals surface area contributed by atoms with Crippen LogP contribution >= 0.6 is 0 Å². The lowest BCUT2D eigenvalue weighted by atomic mass is 10.2. The predicted octanol–water partition coefficient (Wildman–Crippen LogP) is 3.31. The van der Waals surface area contributed by atoms with Crippen molar-refractivity contribution in [1.29, 1.82) is 0 Å². The second-order valence-corrected chi connectivity index (χ2v) is 5.78. The van der Waals surface area contributed by atoms with Crippen LogP contribution in [0.3, 0.4) is 0 Å². The summed E-state index contributed by atoms with van der Waals surface area (Å²) in [6.07, 6.45) is 2.50. The summed E-state index contributed by atoms with van der Waals surface area (Å²) in [6, 6.07) is 17.2. The van der Waals surface area contributed by atoms with Crippen LogP contribution < -0.4 is 0 Å². The second-order valence-electron chi connectivity index (χ2n) is 5.78. The molecule has 5 nitrogen and oxygen atoms in total. The third-order valence-electron chi connectivity index (χ3n) is 3.96. The van der Waals surface area contributed by atoms with Gasteiger partial charge in [-0.3, -0.25) is 9.78 Å². The van der Waals surface area contributed by atoms with Gasteiger partial charge in [0.05, 0.1) is 17.8 Å². The summed E-state index contributed by atoms with van der Waals surface area (Å²) in [5, 5.41) is 1.02. The van der Waals surface area contributed by atoms with Gasteiger partial charge in [0.25, 0.3) is 5.91 Å². The van der Waals surface area contributed by atoms with Crippen molar-refractivity contribution in [2.45, 2.75) is 13.0 Å². The molecule has 0 bridgehead atoms. The van der Waals surface area contributed by atoms with Gasteiger partial charge in [0.2, 0.25) is 0 Å². The van der Waals surface area contributed by atoms with Crippen molar-refractivity contribution in [2.75, 3.05) is 20.3 Å². The van der Waals surface area contributed by atoms with Gasteiger partial charge in [0.1, 0.15) is 5.69 Å². The maximum atomic E-state index is 13.0. The van der Waals surface area contributed by atoms with Crippen LogP contribution in [-0.2, 0) is 11.3 Å². The van der Waals surface area contributed by atoms with Gasteiger partial charge in [-0.15, -0.1) is 0 Å². The van der Waals surface area contributed by atoms with E-state index in [4.69, 9.17) is 4.74 Å². The molecule has 1 amide bonds. The van der Waals surface area contributed by atoms with Gasteiger partial charge in [0, 0.05) is 31.8 Å². The third-order valence-corrected chi connectivity index (χ3v) is 3.96. The molecule has 0 radical (unpaired) electrons. The van der Waals surface area contributed by atoms with E-state index < -0.39 is 0 Å². The summed E-state index contributed by atoms with van der Waals surface area (Å²) in [5.41, 5.74) is 2.13. The van der Waals surface area contributed by atoms with Crippen molar-refractivity contribution in [1.82, 2.24) is 14.9 Å². The lowest BCUT2D eigenvalue weighted by Gasteiger charge is -2.22. The Balaban J connectivity index is 1.83. The van der Waals surface area contributed by atoms with Crippen LogP contribution in [0, 0.1) is 0 Å². The number of aromatic nitrogens is 2. The molecule has 0 spiro atoms. The van der Waals surface area contributed by atoms with Crippen molar-refractivity contribution in [3.63, 3.8) is 0 Å². The Labute approximate surface area is 147 Å². The zero-order chi connectivity index (χ0) is 17.5. The zero-order valence-electron chi connectivity index (χ0n) is 14.3. The Kier molecular flexibility index (Phi) is 5.69. The van der Waals surface area contributed by atoms with Crippen LogP contribution in [0.25, 0.3) is 10.9 Å². The minimum absolute atomic E-state index is 0.0903. The fourth-order valence-electron chi connectivity index (χ4n) is 2.69. The first-order valence-corrected chi connectivity index (χ1v) is 8.32. The number of carbonyl (C=O) groups is 1. The number of benzene rings is 1. The number of rotatable bonds is 7. The van der Waals surface area contributed by atoms with Gasteiger partial charge >= 0.3 is 0 Å². The van der Waals surface area contributed by atoms with E-state index in [1.54, 1.807) is 24.3 Å². The number of fused-ring (bicyclic) bond motifs is 1. The fraction of sp³-hybridized carbons (Fsp3) is 0.250. The van der Waals surface area contributed by atoms with Crippen LogP contribution in [0.4, 0.5) is 0 Å². The molecule has 0 atom stereocenters. The molecular weight excluding hydrogens is 314 g/mol. The highest BCUT2D eigenvalue weighted by Crippen LogP contribution is 2.14. The van der Waals surface area contributed by atoms with Crippen molar-refractivity contribution < 1.29 is 9.53 Å². The maximum absolute atomic E-state index is 13.0. The highest BCUT2D eigenvalue weighted by molar-refractivity contribution is 5.94. The molecule has 0 aliphatic heterocycles. The summed E-state index contributed by atoms with van der Waals surface area (Å²) < 4.78 is 5.12. The monoisotopic (exact) mass is 335 g/mol. The summed E-state index contributed by atoms with van der Waals surface area (Å²) >= 11 is 0. The van der Waals surface area contributed by atoms with E-state index in [0.717, 1.165) is 23.0 Å². The Morgan fingerprint density at radius 2 is 1.92 bits per heavy atom. The molecule has 0 saturated heterocycles. The third kappa shape index (κ3) is 4.39. The minimum Gasteiger partial charge on any atom is -0.385 e. The van der Waals surface area contributed by atoms with Crippen molar-refractivity contribution >= 4 is 16.8 Å². The highest BCUT2D eigenvalue weighted by Gasteiger charge is 2.18. The Hall–Kier alpha value is -2.79. The quantitative estimate of drug-likeness (QED) is 0.622. The number of ether oxygens (including phenoxy) is 1. The lowest BCUT2D eigenvalue weighted by Crippen LogP contribution is -2.33. The number of para-hydroxylation sites is 1. The Morgan fingerprint density at radius 1 is 1.08 bits per heavy atom. The standard InChI is InChI=1S/C20H21N3O2/c1-25-14-6-13-23(15-17-8-4-5-12-21-17)20(24)19-11-10-16-7-2-3-9-18(16)22-19/h2-5,7-12H,6,13-15H2,1H3. The van der Waals surface area contributed by atoms with Gasteiger partial charge < -0.3 is 9.64 Å². The molecule has 0 unspecified atom stereocenters. The number of hydrogen-bond acceptors (Lipinski definition) is 4. The van der Waals surface area contributed by atoms with Crippen LogP contribution in [0.15, 0.2) is 60.8 Å². The molecule has 0 aliphatic carbocycles. The molecule has 0 fully saturated rings. The van der Waals surface area contributed by atoms with E-state index in [2.05, 4.69) is 9.97 Å². The Morgan fingerprint density at radius 3 is 2.72 bits per heavy atom. The van der Waals surface area contributed by atoms with Crippen LogP contribution in [-0.4, -0.2) is 41.0 Å². The van der Waals surface area contributed by atoms with E-state index in [-0.39, 0.29) is 5.91 Å². The number of nitrogens with zero attached hydrogens (tertiary/aromatic N) is 3. The number of carbonyl (C=O) groups excluding carboxylic acids is 1. The molecule has 0 aliphatic rings. The number of pyridine rings is 2. The van der Waals surface area contributed by atoms with Gasteiger partial charge in [-0.2, -0.15) is 0 Å². The molecule has 3 rings (SSSR count). The molecule has 25 heavy (non-hydrogen) atoms. The van der Waals surface area contributed by atoms with Gasteiger partial charge in [0.15, 0.2) is 0 Å². The van der Waals surface area contributed by atoms with Crippen molar-refractivity contribution in [2.24, 2.45) is 0 Å². The summed E-state index contributed by atoms with van der Waals surface area (Å²) in [4.78, 5) is 23.6. The van der Waals surface area contributed by atoms with Crippen LogP contribution in [0.2, 0.25) is 0 Å². The summed E-state index contributed by atoms with van der Waals surface area (Å²) in [7, 11) is 1.66. The molecule has 0 N–H and O–H groups in total. The van der Waals surface area contributed by atoms with Crippen molar-refractivity contribution in [3.05, 3.63) is 72.2 Å². The summed E-state index contributed by atoms with van der Waals surface area (Å²) in [6.45, 7) is 1.66. The Bertz CT molecular complexity index is 836. The van der Waals surface area contributed by atoms with Crippen molar-refractivity contribution in [3.8, 4) is 0 Å². The largest absolute Gasteiger partial charge is 0.385 e. The zero-order valence-corrected chi connectivity index (χ0v) is 14.3.